The Morgan fingerprint density at radius 1 is 1.21 bits per heavy atom. The molecule has 0 aliphatic carbocycles. The van der Waals surface area contributed by atoms with Crippen molar-refractivity contribution < 1.29 is 22.3 Å². The van der Waals surface area contributed by atoms with Crippen molar-refractivity contribution in [2.24, 2.45) is 0 Å². The first kappa shape index (κ1) is 26.3. The third-order valence-corrected chi connectivity index (χ3v) is 7.35. The Labute approximate surface area is 221 Å². The minimum absolute atomic E-state index is 0.183. The number of halogens is 5. The van der Waals surface area contributed by atoms with E-state index in [0.717, 1.165) is 16.8 Å². The van der Waals surface area contributed by atoms with E-state index in [4.69, 9.17) is 16.3 Å². The monoisotopic (exact) mass is 569 g/mol. The minimum Gasteiger partial charge on any atom is -0.485 e. The van der Waals surface area contributed by atoms with Crippen molar-refractivity contribution in [3.63, 3.8) is 0 Å². The lowest BCUT2D eigenvalue weighted by Crippen LogP contribution is -2.41. The highest BCUT2D eigenvalue weighted by Gasteiger charge is 2.31. The molecule has 3 aromatic heterocycles. The van der Waals surface area contributed by atoms with Gasteiger partial charge < -0.3 is 10.1 Å². The first-order chi connectivity index (χ1) is 18.0. The molecule has 5 rings (SSSR count). The van der Waals surface area contributed by atoms with Gasteiger partial charge in [0.25, 0.3) is 5.56 Å². The van der Waals surface area contributed by atoms with Crippen LogP contribution in [0.4, 0.5) is 17.6 Å². The van der Waals surface area contributed by atoms with Gasteiger partial charge in [-0.05, 0) is 30.7 Å². The van der Waals surface area contributed by atoms with Crippen LogP contribution in [0.2, 0.25) is 5.02 Å². The van der Waals surface area contributed by atoms with E-state index in [0.29, 0.717) is 53.8 Å². The summed E-state index contributed by atoms with van der Waals surface area (Å²) < 4.78 is 60.7. The van der Waals surface area contributed by atoms with Gasteiger partial charge in [0.05, 0.1) is 22.5 Å². The fraction of sp³-hybridized carbons (Fsp3) is 0.333. The molecule has 1 aliphatic heterocycles. The van der Waals surface area contributed by atoms with Gasteiger partial charge >= 0.3 is 11.9 Å². The van der Waals surface area contributed by atoms with E-state index in [1.807, 2.05) is 0 Å². The molecule has 0 amide bonds. The molecular formula is C24H20ClF4N5O3S. The van der Waals surface area contributed by atoms with E-state index in [1.54, 1.807) is 25.1 Å². The maximum atomic E-state index is 14.3. The molecule has 0 spiro atoms. The average molecular weight is 570 g/mol. The number of rotatable bonds is 6. The molecule has 4 heterocycles. The van der Waals surface area contributed by atoms with Crippen LogP contribution >= 0.6 is 22.9 Å². The van der Waals surface area contributed by atoms with Crippen molar-refractivity contribution in [3.8, 4) is 17.0 Å². The molecule has 2 atom stereocenters. The number of benzene rings is 1. The van der Waals surface area contributed by atoms with E-state index >= 15 is 0 Å². The molecule has 8 nitrogen and oxygen atoms in total. The first-order valence-electron chi connectivity index (χ1n) is 11.4. The molecule has 4 aromatic rings. The molecule has 14 heteroatoms. The number of hydrogen-bond donors (Lipinski definition) is 1. The van der Waals surface area contributed by atoms with Crippen LogP contribution in [-0.4, -0.2) is 50.6 Å². The molecule has 0 bridgehead atoms. The number of nitrogens with one attached hydrogen (secondary N) is 1. The summed E-state index contributed by atoms with van der Waals surface area (Å²) in [6, 6.07) is 5.90. The van der Waals surface area contributed by atoms with Gasteiger partial charge in [0, 0.05) is 40.8 Å². The lowest BCUT2D eigenvalue weighted by atomic mass is 10.1. The van der Waals surface area contributed by atoms with Crippen LogP contribution in [0.15, 0.2) is 46.4 Å². The number of thiophene rings is 1. The van der Waals surface area contributed by atoms with Crippen LogP contribution in [0.5, 0.6) is 5.75 Å². The molecule has 1 aliphatic rings. The molecular weight excluding hydrogens is 550 g/mol. The van der Waals surface area contributed by atoms with Crippen molar-refractivity contribution in [3.05, 3.63) is 73.1 Å². The molecule has 0 radical (unpaired) electrons. The normalized spacial score (nSPS) is 17.8. The van der Waals surface area contributed by atoms with E-state index < -0.39 is 36.2 Å². The fourth-order valence-electron chi connectivity index (χ4n) is 4.30. The van der Waals surface area contributed by atoms with Gasteiger partial charge in [-0.15, -0.1) is 11.3 Å². The smallest absolute Gasteiger partial charge is 0.406 e. The van der Waals surface area contributed by atoms with Gasteiger partial charge in [-0.25, -0.2) is 19.2 Å². The summed E-state index contributed by atoms with van der Waals surface area (Å²) in [6.45, 7) is 0.532. The Balaban J connectivity index is 1.56. The Kier molecular flexibility index (Phi) is 7.01. The Morgan fingerprint density at radius 3 is 2.71 bits per heavy atom. The summed E-state index contributed by atoms with van der Waals surface area (Å²) in [5, 5.41) is 3.36. The minimum atomic E-state index is -4.63. The number of hydrogen-bond acceptors (Lipinski definition) is 7. The molecule has 1 N–H and O–H groups in total. The first-order valence-corrected chi connectivity index (χ1v) is 12.6. The molecule has 0 saturated carbocycles. The number of fused-ring (bicyclic) bond motifs is 1. The summed E-state index contributed by atoms with van der Waals surface area (Å²) in [7, 11) is 0. The van der Waals surface area contributed by atoms with Crippen molar-refractivity contribution in [1.82, 2.24) is 24.4 Å². The second-order valence-corrected chi connectivity index (χ2v) is 10.4. The van der Waals surface area contributed by atoms with Crippen molar-refractivity contribution >= 4 is 33.2 Å². The summed E-state index contributed by atoms with van der Waals surface area (Å²) >= 11 is 7.51. The van der Waals surface area contributed by atoms with Gasteiger partial charge in [-0.1, -0.05) is 11.6 Å². The molecule has 1 aromatic carbocycles. The summed E-state index contributed by atoms with van der Waals surface area (Å²) in [5.41, 5.74) is 0.317. The maximum Gasteiger partial charge on any atom is 0.406 e. The number of aryl methyl sites for hydroxylation is 1. The average Bonchev–Trinajstić information content (AvgIpc) is 3.44. The van der Waals surface area contributed by atoms with Gasteiger partial charge in [-0.2, -0.15) is 13.2 Å². The highest BCUT2D eigenvalue weighted by molar-refractivity contribution is 7.19. The summed E-state index contributed by atoms with van der Waals surface area (Å²) in [5.74, 6) is 0.412. The van der Waals surface area contributed by atoms with Gasteiger partial charge in [0.15, 0.2) is 6.17 Å². The Hall–Kier alpha value is -3.29. The molecule has 1 saturated heterocycles. The van der Waals surface area contributed by atoms with Crippen molar-refractivity contribution in [1.29, 1.82) is 0 Å². The second kappa shape index (κ2) is 10.1. The highest BCUT2D eigenvalue weighted by Crippen LogP contribution is 2.41. The quantitative estimate of drug-likeness (QED) is 0.354. The number of alkyl halides is 4. The van der Waals surface area contributed by atoms with E-state index in [1.165, 1.54) is 17.7 Å². The van der Waals surface area contributed by atoms with Gasteiger partial charge in [0.2, 0.25) is 0 Å². The van der Waals surface area contributed by atoms with Crippen LogP contribution in [-0.2, 0) is 13.1 Å². The summed E-state index contributed by atoms with van der Waals surface area (Å²) in [4.78, 5) is 34.2. The van der Waals surface area contributed by atoms with E-state index in [2.05, 4.69) is 15.3 Å². The van der Waals surface area contributed by atoms with Crippen LogP contribution in [0.25, 0.3) is 21.5 Å². The van der Waals surface area contributed by atoms with Crippen LogP contribution in [0, 0.1) is 6.92 Å². The molecule has 38 heavy (non-hydrogen) atoms. The zero-order chi connectivity index (χ0) is 27.2. The number of aromatic nitrogens is 4. The SMILES string of the molecule is Cc1cc(Cl)cc(-c2ncnc3cc(Cn4c(=O)ccn(CC(F)(F)F)c4=O)sc23)c1O[C@@H]1CNC[C@@H]1F. The topological polar surface area (TPSA) is 91.0 Å². The lowest BCUT2D eigenvalue weighted by molar-refractivity contribution is -0.141. The fourth-order valence-corrected chi connectivity index (χ4v) is 5.67. The predicted molar refractivity (Wildman–Crippen MR) is 135 cm³/mol. The van der Waals surface area contributed by atoms with Crippen LogP contribution in [0.1, 0.15) is 10.4 Å². The van der Waals surface area contributed by atoms with Crippen LogP contribution in [0.3, 0.4) is 0 Å². The zero-order valence-corrected chi connectivity index (χ0v) is 21.3. The highest BCUT2D eigenvalue weighted by atomic mass is 35.5. The molecule has 200 valence electrons. The van der Waals surface area contributed by atoms with Gasteiger partial charge in [-0.3, -0.25) is 13.9 Å². The Bertz CT molecular complexity index is 1630. The number of nitrogens with zero attached hydrogens (tertiary/aromatic N) is 4. The number of ether oxygens (including phenoxy) is 1. The second-order valence-electron chi connectivity index (χ2n) is 8.85. The summed E-state index contributed by atoms with van der Waals surface area (Å²) in [6.07, 6.45) is -4.36. The Morgan fingerprint density at radius 2 is 2.00 bits per heavy atom. The zero-order valence-electron chi connectivity index (χ0n) is 19.8. The van der Waals surface area contributed by atoms with E-state index in [-0.39, 0.29) is 13.1 Å². The van der Waals surface area contributed by atoms with E-state index in [9.17, 15) is 27.2 Å². The van der Waals surface area contributed by atoms with Crippen molar-refractivity contribution in [2.75, 3.05) is 13.1 Å². The molecule has 1 fully saturated rings. The van der Waals surface area contributed by atoms with Crippen LogP contribution < -0.4 is 21.3 Å². The predicted octanol–water partition coefficient (Wildman–Crippen LogP) is 3.94. The lowest BCUT2D eigenvalue weighted by Gasteiger charge is -2.20. The standard InChI is InChI=1S/C24H20ClF4N5O3S/c1-12-4-13(25)5-15(21(12)37-18-8-30-7-16(18)26)20-22-17(31-11-32-20)6-14(38-22)9-34-19(35)2-3-33(23(34)36)10-24(27,28)29/h2-6,11,16,18,30H,7-10H2,1H3/t16-,18+/m0/s1. The largest absolute Gasteiger partial charge is 0.485 e. The van der Waals surface area contributed by atoms with Crippen molar-refractivity contribution in [2.45, 2.75) is 38.5 Å². The van der Waals surface area contributed by atoms with Gasteiger partial charge in [0.1, 0.15) is 24.7 Å². The molecule has 0 unspecified atom stereocenters. The third kappa shape index (κ3) is 5.31. The maximum absolute atomic E-state index is 14.3. The third-order valence-electron chi connectivity index (χ3n) is 6.02.